The van der Waals surface area contributed by atoms with Gasteiger partial charge in [-0.25, -0.2) is 4.39 Å². The van der Waals surface area contributed by atoms with Crippen molar-refractivity contribution in [3.8, 4) is 17.1 Å². The van der Waals surface area contributed by atoms with Gasteiger partial charge in [-0.2, -0.15) is 5.10 Å². The molecule has 4 rings (SSSR count). The lowest BCUT2D eigenvalue weighted by Crippen LogP contribution is -2.14. The number of rotatable bonds is 6. The molecule has 0 aliphatic heterocycles. The Morgan fingerprint density at radius 1 is 1.17 bits per heavy atom. The zero-order chi connectivity index (χ0) is 20.4. The summed E-state index contributed by atoms with van der Waals surface area (Å²) in [6.45, 7) is 2.87. The van der Waals surface area contributed by atoms with Gasteiger partial charge in [-0.05, 0) is 48.9 Å². The molecule has 7 heteroatoms. The first-order valence-corrected chi connectivity index (χ1v) is 9.34. The number of benzene rings is 2. The number of ether oxygens (including phenoxy) is 1. The van der Waals surface area contributed by atoms with Crippen LogP contribution in [0.2, 0.25) is 0 Å². The van der Waals surface area contributed by atoms with Gasteiger partial charge in [0.05, 0.1) is 24.9 Å². The number of aryl methyl sites for hydroxylation is 1. The van der Waals surface area contributed by atoms with Crippen LogP contribution in [0, 0.1) is 5.82 Å². The summed E-state index contributed by atoms with van der Waals surface area (Å²) in [5, 5.41) is 11.1. The fourth-order valence-electron chi connectivity index (χ4n) is 3.43. The molecule has 0 fully saturated rings. The van der Waals surface area contributed by atoms with Gasteiger partial charge in [0.2, 0.25) is 5.91 Å². The fraction of sp³-hybridized carbons (Fsp3) is 0.182. The van der Waals surface area contributed by atoms with Crippen LogP contribution >= 0.6 is 0 Å². The number of hydrogen-bond acceptors (Lipinski definition) is 3. The number of carbonyl (C=O) groups is 1. The number of nitrogens with zero attached hydrogens (tertiary/aromatic N) is 2. The van der Waals surface area contributed by atoms with Crippen LogP contribution in [0.5, 0.6) is 5.75 Å². The van der Waals surface area contributed by atoms with Crippen molar-refractivity contribution in [1.82, 2.24) is 14.8 Å². The molecule has 29 heavy (non-hydrogen) atoms. The molecule has 0 aliphatic rings. The lowest BCUT2D eigenvalue weighted by Gasteiger charge is -2.06. The third-order valence-electron chi connectivity index (χ3n) is 4.82. The predicted molar refractivity (Wildman–Crippen MR) is 110 cm³/mol. The molecule has 6 nitrogen and oxygen atoms in total. The van der Waals surface area contributed by atoms with Crippen LogP contribution < -0.4 is 10.1 Å². The maximum atomic E-state index is 13.0. The maximum absolute atomic E-state index is 13.0. The molecule has 0 saturated carbocycles. The molecule has 2 N–H and O–H groups in total. The van der Waals surface area contributed by atoms with Gasteiger partial charge in [0, 0.05) is 23.5 Å². The van der Waals surface area contributed by atoms with Crippen LogP contribution in [-0.4, -0.2) is 27.8 Å². The zero-order valence-electron chi connectivity index (χ0n) is 16.2. The van der Waals surface area contributed by atoms with Gasteiger partial charge in [0.1, 0.15) is 11.6 Å². The second-order valence-corrected chi connectivity index (χ2v) is 6.72. The highest BCUT2D eigenvalue weighted by Gasteiger charge is 2.14. The minimum atomic E-state index is -0.324. The largest absolute Gasteiger partial charge is 0.497 e. The van der Waals surface area contributed by atoms with Crippen molar-refractivity contribution >= 4 is 22.6 Å². The molecule has 0 saturated heterocycles. The van der Waals surface area contributed by atoms with Gasteiger partial charge in [-0.3, -0.25) is 9.89 Å². The van der Waals surface area contributed by atoms with Gasteiger partial charge < -0.3 is 14.6 Å². The molecule has 0 radical (unpaired) electrons. The summed E-state index contributed by atoms with van der Waals surface area (Å²) in [6.07, 6.45) is 0.150. The van der Waals surface area contributed by atoms with E-state index in [4.69, 9.17) is 4.74 Å². The molecule has 0 atom stereocenters. The zero-order valence-corrected chi connectivity index (χ0v) is 16.2. The first-order valence-electron chi connectivity index (χ1n) is 9.34. The summed E-state index contributed by atoms with van der Waals surface area (Å²) in [6, 6.07) is 15.7. The second kappa shape index (κ2) is 7.79. The summed E-state index contributed by atoms with van der Waals surface area (Å²) < 4.78 is 20.5. The van der Waals surface area contributed by atoms with E-state index in [1.165, 1.54) is 12.1 Å². The van der Waals surface area contributed by atoms with E-state index in [2.05, 4.69) is 33.1 Å². The monoisotopic (exact) mass is 392 g/mol. The number of methoxy groups -OCH3 is 1. The quantitative estimate of drug-likeness (QED) is 0.511. The smallest absolute Gasteiger partial charge is 0.229 e. The van der Waals surface area contributed by atoms with Crippen molar-refractivity contribution in [3.63, 3.8) is 0 Å². The minimum Gasteiger partial charge on any atom is -0.497 e. The Morgan fingerprint density at radius 2 is 1.97 bits per heavy atom. The van der Waals surface area contributed by atoms with E-state index in [1.54, 1.807) is 25.3 Å². The maximum Gasteiger partial charge on any atom is 0.229 e. The van der Waals surface area contributed by atoms with Crippen molar-refractivity contribution in [2.75, 3.05) is 12.4 Å². The molecule has 148 valence electrons. The summed E-state index contributed by atoms with van der Waals surface area (Å²) >= 11 is 0. The lowest BCUT2D eigenvalue weighted by atomic mass is 10.1. The third kappa shape index (κ3) is 3.85. The number of fused-ring (bicyclic) bond motifs is 1. The first-order chi connectivity index (χ1) is 14.1. The van der Waals surface area contributed by atoms with Gasteiger partial charge in [-0.15, -0.1) is 0 Å². The Balaban J connectivity index is 1.55. The van der Waals surface area contributed by atoms with Crippen molar-refractivity contribution < 1.29 is 13.9 Å². The summed E-state index contributed by atoms with van der Waals surface area (Å²) in [5.74, 6) is 0.707. The van der Waals surface area contributed by atoms with Crippen LogP contribution in [0.3, 0.4) is 0 Å². The third-order valence-corrected chi connectivity index (χ3v) is 4.82. The Bertz CT molecular complexity index is 1160. The van der Waals surface area contributed by atoms with Crippen molar-refractivity contribution in [1.29, 1.82) is 0 Å². The first kappa shape index (κ1) is 18.7. The lowest BCUT2D eigenvalue weighted by molar-refractivity contribution is -0.115. The van der Waals surface area contributed by atoms with Gasteiger partial charge in [0.15, 0.2) is 5.82 Å². The standard InChI is InChI=1S/C22H21FN4O2/c1-3-27-19-9-8-17(29-2)11-15(19)12-20(27)18-13-21(26-25-18)24-22(28)10-14-4-6-16(23)7-5-14/h4-9,11-13H,3,10H2,1-2H3,(H2,24,25,26,28). The van der Waals surface area contributed by atoms with Gasteiger partial charge >= 0.3 is 0 Å². The molecule has 2 aromatic heterocycles. The highest BCUT2D eigenvalue weighted by atomic mass is 19.1. The van der Waals surface area contributed by atoms with Crippen molar-refractivity contribution in [2.45, 2.75) is 19.9 Å². The number of nitrogens with one attached hydrogen (secondary N) is 2. The van der Waals surface area contributed by atoms with Crippen molar-refractivity contribution in [3.05, 3.63) is 66.0 Å². The normalized spacial score (nSPS) is 11.0. The van der Waals surface area contributed by atoms with E-state index in [-0.39, 0.29) is 18.1 Å². The van der Waals surface area contributed by atoms with Crippen molar-refractivity contribution in [2.24, 2.45) is 0 Å². The van der Waals surface area contributed by atoms with Crippen LogP contribution in [0.15, 0.2) is 54.6 Å². The Morgan fingerprint density at radius 3 is 2.69 bits per heavy atom. The number of aromatic nitrogens is 3. The Labute approximate surface area is 167 Å². The minimum absolute atomic E-state index is 0.150. The number of anilines is 1. The topological polar surface area (TPSA) is 71.9 Å². The summed E-state index contributed by atoms with van der Waals surface area (Å²) in [4.78, 5) is 12.3. The number of carbonyl (C=O) groups excluding carboxylic acids is 1. The van der Waals surface area contributed by atoms with Crippen LogP contribution in [-0.2, 0) is 17.8 Å². The molecule has 0 spiro atoms. The molecule has 4 aromatic rings. The number of aromatic amines is 1. The van der Waals surface area contributed by atoms with E-state index < -0.39 is 0 Å². The number of hydrogen-bond donors (Lipinski definition) is 2. The highest BCUT2D eigenvalue weighted by Crippen LogP contribution is 2.30. The highest BCUT2D eigenvalue weighted by molar-refractivity contribution is 5.92. The average molecular weight is 392 g/mol. The molecule has 2 heterocycles. The molecule has 0 unspecified atom stereocenters. The predicted octanol–water partition coefficient (Wildman–Crippen LogP) is 4.38. The Hall–Kier alpha value is -3.61. The molecule has 2 aromatic carbocycles. The van der Waals surface area contributed by atoms with E-state index in [1.807, 2.05) is 18.2 Å². The van der Waals surface area contributed by atoms with Crippen LogP contribution in [0.1, 0.15) is 12.5 Å². The molecule has 0 bridgehead atoms. The van der Waals surface area contributed by atoms with Crippen LogP contribution in [0.25, 0.3) is 22.3 Å². The van der Waals surface area contributed by atoms with E-state index in [9.17, 15) is 9.18 Å². The number of amides is 1. The van der Waals surface area contributed by atoms with Gasteiger partial charge in [-0.1, -0.05) is 12.1 Å². The average Bonchev–Trinajstić information content (AvgIpc) is 3.32. The summed E-state index contributed by atoms with van der Waals surface area (Å²) in [5.41, 5.74) is 3.61. The second-order valence-electron chi connectivity index (χ2n) is 6.72. The van der Waals surface area contributed by atoms with Gasteiger partial charge in [0.25, 0.3) is 0 Å². The van der Waals surface area contributed by atoms with Crippen LogP contribution in [0.4, 0.5) is 10.2 Å². The fourth-order valence-corrected chi connectivity index (χ4v) is 3.43. The molecular weight excluding hydrogens is 371 g/mol. The number of H-pyrrole nitrogens is 1. The molecular formula is C22H21FN4O2. The number of halogens is 1. The molecule has 0 aliphatic carbocycles. The van der Waals surface area contributed by atoms with E-state index >= 15 is 0 Å². The SMILES string of the molecule is CCn1c(-c2cc(NC(=O)Cc3ccc(F)cc3)n[nH]2)cc2cc(OC)ccc21. The molecule has 1 amide bonds. The van der Waals surface area contributed by atoms with E-state index in [0.717, 1.165) is 40.1 Å². The Kier molecular flexibility index (Phi) is 5.03. The summed E-state index contributed by atoms with van der Waals surface area (Å²) in [7, 11) is 1.65. The van der Waals surface area contributed by atoms with E-state index in [0.29, 0.717) is 5.82 Å².